The molecule has 2 aromatic carbocycles. The number of aryl methyl sites for hydroxylation is 1. The van der Waals surface area contributed by atoms with Crippen molar-refractivity contribution in [1.82, 2.24) is 9.47 Å². The number of benzene rings is 2. The SMILES string of the molecule is CCn1c2ccccc2c2cc(/C=C3\SC(=S)N(CC(=O)[O-])C3=O)ccc21. The van der Waals surface area contributed by atoms with E-state index in [1.54, 1.807) is 6.08 Å². The van der Waals surface area contributed by atoms with Crippen LogP contribution in [0.25, 0.3) is 27.9 Å². The average Bonchev–Trinajstić information content (AvgIpc) is 3.10. The summed E-state index contributed by atoms with van der Waals surface area (Å²) in [6, 6.07) is 14.3. The van der Waals surface area contributed by atoms with Gasteiger partial charge in [0.05, 0.1) is 17.4 Å². The minimum absolute atomic E-state index is 0.235. The number of aromatic nitrogens is 1. The second-order valence-electron chi connectivity index (χ2n) is 6.18. The molecule has 0 bridgehead atoms. The Labute approximate surface area is 165 Å². The Balaban J connectivity index is 1.78. The van der Waals surface area contributed by atoms with Crippen molar-refractivity contribution in [3.63, 3.8) is 0 Å². The molecule has 0 atom stereocenters. The zero-order valence-corrected chi connectivity index (χ0v) is 16.1. The molecule has 27 heavy (non-hydrogen) atoms. The Morgan fingerprint density at radius 2 is 1.93 bits per heavy atom. The van der Waals surface area contributed by atoms with Gasteiger partial charge in [-0.25, -0.2) is 0 Å². The van der Waals surface area contributed by atoms with Gasteiger partial charge in [-0.1, -0.05) is 48.2 Å². The molecule has 0 unspecified atom stereocenters. The fraction of sp³-hybridized carbons (Fsp3) is 0.150. The van der Waals surface area contributed by atoms with Crippen molar-refractivity contribution in [3.8, 4) is 0 Å². The number of rotatable bonds is 4. The van der Waals surface area contributed by atoms with Crippen LogP contribution in [-0.4, -0.2) is 32.2 Å². The van der Waals surface area contributed by atoms with Crippen molar-refractivity contribution < 1.29 is 14.7 Å². The molecule has 2 heterocycles. The number of aliphatic carboxylic acids is 1. The quantitative estimate of drug-likeness (QED) is 0.502. The van der Waals surface area contributed by atoms with Gasteiger partial charge in [-0.3, -0.25) is 9.69 Å². The lowest BCUT2D eigenvalue weighted by Gasteiger charge is -2.14. The highest BCUT2D eigenvalue weighted by molar-refractivity contribution is 8.26. The fourth-order valence-corrected chi connectivity index (χ4v) is 4.67. The smallest absolute Gasteiger partial charge is 0.266 e. The number of hydrogen-bond acceptors (Lipinski definition) is 5. The first-order valence-corrected chi connectivity index (χ1v) is 9.68. The van der Waals surface area contributed by atoms with Gasteiger partial charge in [0.15, 0.2) is 0 Å². The van der Waals surface area contributed by atoms with Gasteiger partial charge >= 0.3 is 0 Å². The van der Waals surface area contributed by atoms with Gasteiger partial charge in [0.25, 0.3) is 5.91 Å². The average molecular weight is 395 g/mol. The summed E-state index contributed by atoms with van der Waals surface area (Å²) in [6.45, 7) is 2.46. The molecule has 0 saturated carbocycles. The summed E-state index contributed by atoms with van der Waals surface area (Å²) in [6.07, 6.45) is 1.76. The first kappa shape index (κ1) is 17.8. The summed E-state index contributed by atoms with van der Waals surface area (Å²) in [5.41, 5.74) is 3.18. The number of carbonyl (C=O) groups excluding carboxylic acids is 2. The van der Waals surface area contributed by atoms with E-state index in [4.69, 9.17) is 12.2 Å². The normalized spacial score (nSPS) is 16.2. The molecule has 1 amide bonds. The maximum Gasteiger partial charge on any atom is 0.266 e. The van der Waals surface area contributed by atoms with Crippen LogP contribution >= 0.6 is 24.0 Å². The Hall–Kier alpha value is -2.64. The largest absolute Gasteiger partial charge is 0.548 e. The molecule has 4 rings (SSSR count). The molecule has 0 spiro atoms. The van der Waals surface area contributed by atoms with Crippen LogP contribution in [0.15, 0.2) is 47.4 Å². The number of amides is 1. The van der Waals surface area contributed by atoms with Crippen LogP contribution in [0.3, 0.4) is 0 Å². The molecular formula is C20H15N2O3S2-. The fourth-order valence-electron chi connectivity index (χ4n) is 3.42. The van der Waals surface area contributed by atoms with Gasteiger partial charge in [-0.2, -0.15) is 0 Å². The van der Waals surface area contributed by atoms with Crippen LogP contribution < -0.4 is 5.11 Å². The first-order valence-electron chi connectivity index (χ1n) is 8.46. The third-order valence-electron chi connectivity index (χ3n) is 4.57. The van der Waals surface area contributed by atoms with E-state index in [9.17, 15) is 14.7 Å². The zero-order valence-electron chi connectivity index (χ0n) is 14.5. The Bertz CT molecular complexity index is 1150. The number of carboxylic acid groups (broad SMARTS) is 1. The van der Waals surface area contributed by atoms with E-state index < -0.39 is 18.4 Å². The van der Waals surface area contributed by atoms with Crippen molar-refractivity contribution in [1.29, 1.82) is 0 Å². The maximum absolute atomic E-state index is 12.4. The van der Waals surface area contributed by atoms with Crippen LogP contribution in [-0.2, 0) is 16.1 Å². The second kappa shape index (κ2) is 6.83. The Kier molecular flexibility index (Phi) is 4.49. The lowest BCUT2D eigenvalue weighted by Crippen LogP contribution is -2.40. The summed E-state index contributed by atoms with van der Waals surface area (Å²) in [4.78, 5) is 24.7. The van der Waals surface area contributed by atoms with Crippen LogP contribution in [0.1, 0.15) is 12.5 Å². The van der Waals surface area contributed by atoms with E-state index in [0.717, 1.165) is 45.1 Å². The summed E-state index contributed by atoms with van der Waals surface area (Å²) < 4.78 is 2.49. The van der Waals surface area contributed by atoms with Gasteiger partial charge in [-0.15, -0.1) is 0 Å². The minimum Gasteiger partial charge on any atom is -0.548 e. The number of para-hydroxylation sites is 1. The highest BCUT2D eigenvalue weighted by Gasteiger charge is 2.31. The molecule has 1 aliphatic rings. The summed E-state index contributed by atoms with van der Waals surface area (Å²) in [7, 11) is 0. The third kappa shape index (κ3) is 3.02. The summed E-state index contributed by atoms with van der Waals surface area (Å²) >= 11 is 6.23. The van der Waals surface area contributed by atoms with E-state index in [1.165, 1.54) is 5.52 Å². The van der Waals surface area contributed by atoms with Gasteiger partial charge in [-0.05, 0) is 36.8 Å². The molecule has 1 saturated heterocycles. The van der Waals surface area contributed by atoms with Crippen molar-refractivity contribution in [3.05, 3.63) is 52.9 Å². The number of thioether (sulfide) groups is 1. The Morgan fingerprint density at radius 3 is 2.67 bits per heavy atom. The number of nitrogens with zero attached hydrogens (tertiary/aromatic N) is 2. The lowest BCUT2D eigenvalue weighted by atomic mass is 10.1. The van der Waals surface area contributed by atoms with E-state index in [2.05, 4.69) is 29.7 Å². The molecule has 1 fully saturated rings. The van der Waals surface area contributed by atoms with E-state index >= 15 is 0 Å². The first-order chi connectivity index (χ1) is 13.0. The van der Waals surface area contributed by atoms with Crippen molar-refractivity contribution in [2.24, 2.45) is 0 Å². The van der Waals surface area contributed by atoms with Gasteiger partial charge in [0.1, 0.15) is 4.32 Å². The van der Waals surface area contributed by atoms with E-state index in [0.29, 0.717) is 4.91 Å². The van der Waals surface area contributed by atoms with Gasteiger partial charge in [0, 0.05) is 28.4 Å². The van der Waals surface area contributed by atoms with Crippen LogP contribution in [0.5, 0.6) is 0 Å². The molecule has 3 aromatic rings. The van der Waals surface area contributed by atoms with Gasteiger partial charge in [0.2, 0.25) is 0 Å². The Morgan fingerprint density at radius 1 is 1.19 bits per heavy atom. The highest BCUT2D eigenvalue weighted by atomic mass is 32.2. The molecule has 1 aromatic heterocycles. The third-order valence-corrected chi connectivity index (χ3v) is 5.95. The van der Waals surface area contributed by atoms with E-state index in [-0.39, 0.29) is 4.32 Å². The summed E-state index contributed by atoms with van der Waals surface area (Å²) in [5, 5.41) is 13.1. The molecule has 7 heteroatoms. The van der Waals surface area contributed by atoms with Crippen LogP contribution in [0, 0.1) is 0 Å². The lowest BCUT2D eigenvalue weighted by molar-refractivity contribution is -0.305. The standard InChI is InChI=1S/C20H16N2O3S2/c1-2-21-15-6-4-3-5-13(15)14-9-12(7-8-16(14)21)10-17-19(25)22(11-18(23)24)20(26)27-17/h3-10H,2,11H2,1H3,(H,23,24)/p-1/b17-10-. The van der Waals surface area contributed by atoms with Crippen LogP contribution in [0.4, 0.5) is 0 Å². The molecule has 5 nitrogen and oxygen atoms in total. The monoisotopic (exact) mass is 395 g/mol. The number of carboxylic acids is 1. The second-order valence-corrected chi connectivity index (χ2v) is 7.85. The highest BCUT2D eigenvalue weighted by Crippen LogP contribution is 2.34. The number of carbonyl (C=O) groups is 2. The minimum atomic E-state index is -1.33. The van der Waals surface area contributed by atoms with Crippen molar-refractivity contribution in [2.75, 3.05) is 6.54 Å². The number of hydrogen-bond donors (Lipinski definition) is 0. The topological polar surface area (TPSA) is 65.4 Å². The molecular weight excluding hydrogens is 380 g/mol. The maximum atomic E-state index is 12.4. The predicted octanol–water partition coefficient (Wildman–Crippen LogP) is 2.77. The number of fused-ring (bicyclic) bond motifs is 3. The van der Waals surface area contributed by atoms with Crippen molar-refractivity contribution in [2.45, 2.75) is 13.5 Å². The van der Waals surface area contributed by atoms with E-state index in [1.807, 2.05) is 24.3 Å². The molecule has 136 valence electrons. The predicted molar refractivity (Wildman–Crippen MR) is 110 cm³/mol. The number of thiocarbonyl (C=S) groups is 1. The molecule has 1 aliphatic heterocycles. The molecule has 0 N–H and O–H groups in total. The zero-order chi connectivity index (χ0) is 19.1. The van der Waals surface area contributed by atoms with Crippen LogP contribution in [0.2, 0.25) is 0 Å². The molecule has 0 aliphatic carbocycles. The van der Waals surface area contributed by atoms with Crippen molar-refractivity contribution >= 4 is 68.1 Å². The van der Waals surface area contributed by atoms with Gasteiger partial charge < -0.3 is 14.5 Å². The molecule has 0 radical (unpaired) electrons. The summed E-state index contributed by atoms with van der Waals surface area (Å²) in [5.74, 6) is -1.73.